The zero-order chi connectivity index (χ0) is 13.7. The minimum absolute atomic E-state index is 0.0860. The van der Waals surface area contributed by atoms with Gasteiger partial charge in [0.15, 0.2) is 5.65 Å². The highest BCUT2D eigenvalue weighted by molar-refractivity contribution is 9.10. The van der Waals surface area contributed by atoms with Crippen molar-refractivity contribution in [3.8, 4) is 0 Å². The molecule has 19 heavy (non-hydrogen) atoms. The number of carbonyl (C=O) groups excluding carboxylic acids is 2. The van der Waals surface area contributed by atoms with E-state index in [-0.39, 0.29) is 24.2 Å². The molecule has 8 heteroatoms. The van der Waals surface area contributed by atoms with Gasteiger partial charge in [-0.2, -0.15) is 0 Å². The number of carbonyl (C=O) groups is 2. The van der Waals surface area contributed by atoms with Crippen molar-refractivity contribution >= 4 is 44.9 Å². The number of likely N-dealkylation sites (tertiary alicyclic amines) is 1. The van der Waals surface area contributed by atoms with Crippen LogP contribution in [0, 0.1) is 0 Å². The zero-order valence-corrected chi connectivity index (χ0v) is 11.6. The highest BCUT2D eigenvalue weighted by Gasteiger charge is 2.39. The summed E-state index contributed by atoms with van der Waals surface area (Å²) in [6.45, 7) is 0. The largest absolute Gasteiger partial charge is 0.369 e. The van der Waals surface area contributed by atoms with Crippen molar-refractivity contribution in [3.05, 3.63) is 16.7 Å². The second-order valence-electron chi connectivity index (χ2n) is 4.35. The maximum Gasteiger partial charge on any atom is 0.252 e. The molecular weight excluding hydrogens is 314 g/mol. The molecule has 0 aliphatic carbocycles. The lowest BCUT2D eigenvalue weighted by molar-refractivity contribution is -0.137. The van der Waals surface area contributed by atoms with Crippen LogP contribution >= 0.6 is 15.9 Å². The van der Waals surface area contributed by atoms with E-state index in [1.165, 1.54) is 11.6 Å². The van der Waals surface area contributed by atoms with Gasteiger partial charge in [0.1, 0.15) is 11.6 Å². The third-order valence-corrected chi connectivity index (χ3v) is 3.63. The van der Waals surface area contributed by atoms with Gasteiger partial charge in [-0.25, -0.2) is 9.97 Å². The third-order valence-electron chi connectivity index (χ3n) is 3.19. The summed E-state index contributed by atoms with van der Waals surface area (Å²) in [4.78, 5) is 33.1. The minimum atomic E-state index is -0.656. The van der Waals surface area contributed by atoms with Crippen molar-refractivity contribution in [1.82, 2.24) is 19.4 Å². The van der Waals surface area contributed by atoms with Crippen LogP contribution in [0.4, 0.5) is 5.95 Å². The number of halogens is 1. The Balaban J connectivity index is 2.18. The van der Waals surface area contributed by atoms with E-state index in [1.54, 1.807) is 12.3 Å². The molecule has 0 aromatic carbocycles. The Labute approximate surface area is 116 Å². The summed E-state index contributed by atoms with van der Waals surface area (Å²) in [5.74, 6) is -0.337. The van der Waals surface area contributed by atoms with E-state index in [0.29, 0.717) is 11.2 Å². The molecule has 0 radical (unpaired) electrons. The van der Waals surface area contributed by atoms with Crippen LogP contribution in [-0.4, -0.2) is 38.3 Å². The van der Waals surface area contributed by atoms with Gasteiger partial charge in [-0.15, -0.1) is 0 Å². The smallest absolute Gasteiger partial charge is 0.252 e. The number of amides is 2. The Bertz CT molecular complexity index is 710. The van der Waals surface area contributed by atoms with Crippen LogP contribution in [0.25, 0.3) is 11.2 Å². The molecule has 1 unspecified atom stereocenters. The number of imide groups is 1. The number of nitrogens with two attached hydrogens (primary N) is 1. The fourth-order valence-corrected chi connectivity index (χ4v) is 2.54. The van der Waals surface area contributed by atoms with Crippen LogP contribution in [0.15, 0.2) is 16.7 Å². The zero-order valence-electron chi connectivity index (χ0n) is 10.00. The summed E-state index contributed by atoms with van der Waals surface area (Å²) in [5.41, 5.74) is 6.94. The van der Waals surface area contributed by atoms with E-state index in [2.05, 4.69) is 25.9 Å². The fraction of sp³-hybridized carbons (Fsp3) is 0.273. The van der Waals surface area contributed by atoms with Gasteiger partial charge in [0.2, 0.25) is 11.9 Å². The van der Waals surface area contributed by atoms with E-state index in [4.69, 9.17) is 5.73 Å². The maximum absolute atomic E-state index is 12.0. The summed E-state index contributed by atoms with van der Waals surface area (Å²) < 4.78 is 2.29. The number of hydrogen-bond donors (Lipinski definition) is 1. The molecule has 2 aromatic heterocycles. The Morgan fingerprint density at radius 1 is 1.47 bits per heavy atom. The predicted octanol–water partition coefficient (Wildman–Crippen LogP) is 0.706. The van der Waals surface area contributed by atoms with Crippen LogP contribution in [0.5, 0.6) is 0 Å². The predicted molar refractivity (Wildman–Crippen MR) is 71.1 cm³/mol. The van der Waals surface area contributed by atoms with Crippen LogP contribution in [-0.2, 0) is 9.59 Å². The number of fused-ring (bicyclic) bond motifs is 1. The lowest BCUT2D eigenvalue weighted by atomic mass is 10.2. The van der Waals surface area contributed by atoms with E-state index >= 15 is 0 Å². The minimum Gasteiger partial charge on any atom is -0.369 e. The molecule has 0 spiro atoms. The van der Waals surface area contributed by atoms with Gasteiger partial charge < -0.3 is 5.73 Å². The van der Waals surface area contributed by atoms with Gasteiger partial charge in [-0.1, -0.05) is 0 Å². The molecule has 7 nitrogen and oxygen atoms in total. The molecule has 1 saturated heterocycles. The summed E-state index contributed by atoms with van der Waals surface area (Å²) in [5, 5.41) is 0. The third kappa shape index (κ3) is 1.71. The normalized spacial score (nSPS) is 19.7. The van der Waals surface area contributed by atoms with Crippen LogP contribution in [0.1, 0.15) is 12.5 Å². The van der Waals surface area contributed by atoms with Crippen molar-refractivity contribution in [2.45, 2.75) is 12.5 Å². The standard InChI is InChI=1S/C11H10BrN5O2/c1-16-8(18)3-7(10(16)19)17-9-6(15-11(17)13)2-5(12)4-14-9/h2,4,7H,3H2,1H3,(H2,13,15). The van der Waals surface area contributed by atoms with Crippen molar-refractivity contribution in [2.24, 2.45) is 0 Å². The molecule has 0 saturated carbocycles. The number of likely N-dealkylation sites (N-methyl/N-ethyl adjacent to an activating group) is 1. The van der Waals surface area contributed by atoms with Gasteiger partial charge in [0, 0.05) is 17.7 Å². The molecular formula is C11H10BrN5O2. The first kappa shape index (κ1) is 12.1. The van der Waals surface area contributed by atoms with Crippen LogP contribution in [0.2, 0.25) is 0 Å². The van der Waals surface area contributed by atoms with Gasteiger partial charge in [0.25, 0.3) is 5.91 Å². The number of nitrogens with zero attached hydrogens (tertiary/aromatic N) is 4. The van der Waals surface area contributed by atoms with E-state index in [9.17, 15) is 9.59 Å². The molecule has 1 atom stereocenters. The summed E-state index contributed by atoms with van der Waals surface area (Å²) in [6, 6.07) is 1.11. The van der Waals surface area contributed by atoms with Crippen molar-refractivity contribution < 1.29 is 9.59 Å². The highest BCUT2D eigenvalue weighted by Crippen LogP contribution is 2.30. The molecule has 3 heterocycles. The Morgan fingerprint density at radius 3 is 2.84 bits per heavy atom. The van der Waals surface area contributed by atoms with Gasteiger partial charge >= 0.3 is 0 Å². The second-order valence-corrected chi connectivity index (χ2v) is 5.26. The van der Waals surface area contributed by atoms with Crippen LogP contribution in [0.3, 0.4) is 0 Å². The molecule has 1 aliphatic rings. The average molecular weight is 324 g/mol. The first-order valence-electron chi connectivity index (χ1n) is 5.58. The Kier molecular flexibility index (Phi) is 2.56. The number of imidazole rings is 1. The number of rotatable bonds is 1. The molecule has 1 fully saturated rings. The van der Waals surface area contributed by atoms with Crippen molar-refractivity contribution in [1.29, 1.82) is 0 Å². The average Bonchev–Trinajstić information content (AvgIpc) is 2.80. The van der Waals surface area contributed by atoms with E-state index < -0.39 is 6.04 Å². The number of anilines is 1. The molecule has 0 bridgehead atoms. The van der Waals surface area contributed by atoms with Crippen molar-refractivity contribution in [2.75, 3.05) is 12.8 Å². The molecule has 3 rings (SSSR count). The maximum atomic E-state index is 12.0. The molecule has 98 valence electrons. The highest BCUT2D eigenvalue weighted by atomic mass is 79.9. The van der Waals surface area contributed by atoms with Gasteiger partial charge in [0.05, 0.1) is 6.42 Å². The Hall–Kier alpha value is -1.96. The van der Waals surface area contributed by atoms with E-state index in [0.717, 1.165) is 9.37 Å². The second kappa shape index (κ2) is 4.02. The molecule has 2 aromatic rings. The fourth-order valence-electron chi connectivity index (χ4n) is 2.22. The van der Waals surface area contributed by atoms with Gasteiger partial charge in [-0.3, -0.25) is 19.1 Å². The SMILES string of the molecule is CN1C(=O)CC(n2c(N)nc3cc(Br)cnc32)C1=O. The number of aromatic nitrogens is 3. The first-order chi connectivity index (χ1) is 8.99. The van der Waals surface area contributed by atoms with Gasteiger partial charge in [-0.05, 0) is 22.0 Å². The number of nitrogen functional groups attached to an aromatic ring is 1. The van der Waals surface area contributed by atoms with E-state index in [1.807, 2.05) is 0 Å². The summed E-state index contributed by atoms with van der Waals surface area (Å²) >= 11 is 3.30. The van der Waals surface area contributed by atoms with Crippen LogP contribution < -0.4 is 5.73 Å². The molecule has 1 aliphatic heterocycles. The Morgan fingerprint density at radius 2 is 2.21 bits per heavy atom. The number of pyridine rings is 1. The molecule has 2 N–H and O–H groups in total. The molecule has 2 amide bonds. The monoisotopic (exact) mass is 323 g/mol. The summed E-state index contributed by atoms with van der Waals surface area (Å²) in [7, 11) is 1.46. The lowest BCUT2D eigenvalue weighted by Gasteiger charge is -2.12. The lowest BCUT2D eigenvalue weighted by Crippen LogP contribution is -2.27. The topological polar surface area (TPSA) is 94.1 Å². The quantitative estimate of drug-likeness (QED) is 0.780. The first-order valence-corrected chi connectivity index (χ1v) is 6.37. The van der Waals surface area contributed by atoms with Crippen molar-refractivity contribution in [3.63, 3.8) is 0 Å². The number of hydrogen-bond acceptors (Lipinski definition) is 5. The summed E-state index contributed by atoms with van der Waals surface area (Å²) in [6.07, 6.45) is 1.69.